The van der Waals surface area contributed by atoms with Crippen molar-refractivity contribution in [3.63, 3.8) is 0 Å². The molecule has 1 rings (SSSR count). The summed E-state index contributed by atoms with van der Waals surface area (Å²) < 4.78 is 1.85. The molecule has 0 saturated heterocycles. The van der Waals surface area contributed by atoms with E-state index in [0.29, 0.717) is 0 Å². The Morgan fingerprint density at radius 2 is 2.06 bits per heavy atom. The van der Waals surface area contributed by atoms with Crippen LogP contribution in [-0.2, 0) is 4.79 Å². The Bertz CT molecular complexity index is 368. The predicted molar refractivity (Wildman–Crippen MR) is 67.5 cm³/mol. The number of nitrogens with zero attached hydrogens (tertiary/aromatic N) is 3. The van der Waals surface area contributed by atoms with Gasteiger partial charge in [0.05, 0.1) is 12.0 Å². The van der Waals surface area contributed by atoms with Crippen LogP contribution in [-0.4, -0.2) is 33.4 Å². The quantitative estimate of drug-likeness (QED) is 0.841. The number of imidazole rings is 1. The number of hydrogen-bond donors (Lipinski definition) is 1. The second-order valence-corrected chi connectivity index (χ2v) is 4.20. The second kappa shape index (κ2) is 5.82. The predicted octanol–water partition coefficient (Wildman–Crippen LogP) is 1.33. The molecule has 2 atom stereocenters. The molecule has 96 valence electrons. The van der Waals surface area contributed by atoms with Crippen molar-refractivity contribution in [1.29, 1.82) is 0 Å². The summed E-state index contributed by atoms with van der Waals surface area (Å²) in [6, 6.07) is -0.372. The molecule has 1 amide bonds. The topological polar surface area (TPSA) is 64.2 Å². The van der Waals surface area contributed by atoms with E-state index in [1.807, 2.05) is 37.2 Å². The maximum Gasteiger partial charge on any atom is 0.245 e. The van der Waals surface area contributed by atoms with Gasteiger partial charge in [-0.1, -0.05) is 0 Å². The minimum absolute atomic E-state index is 0.106. The Labute approximate surface area is 103 Å². The van der Waals surface area contributed by atoms with Crippen molar-refractivity contribution in [2.75, 3.05) is 13.1 Å². The zero-order valence-corrected chi connectivity index (χ0v) is 11.1. The van der Waals surface area contributed by atoms with Gasteiger partial charge in [0.1, 0.15) is 6.04 Å². The number of nitrogens with two attached hydrogens (primary N) is 1. The van der Waals surface area contributed by atoms with Crippen LogP contribution in [0.5, 0.6) is 0 Å². The highest BCUT2D eigenvalue weighted by molar-refractivity contribution is 5.80. The molecule has 1 aromatic rings. The van der Waals surface area contributed by atoms with Crippen LogP contribution in [0.1, 0.15) is 45.5 Å². The zero-order valence-electron chi connectivity index (χ0n) is 11.1. The molecule has 0 spiro atoms. The zero-order chi connectivity index (χ0) is 13.0. The Morgan fingerprint density at radius 1 is 1.47 bits per heavy atom. The maximum absolute atomic E-state index is 12.2. The van der Waals surface area contributed by atoms with Crippen molar-refractivity contribution in [3.05, 3.63) is 18.2 Å². The number of amides is 1. The standard InChI is InChI=1S/C12H22N4O/c1-5-15(6-2)12(17)10(4)16-8-14-7-11(16)9(3)13/h7-10H,5-6,13H2,1-4H3/t9-,10?/m1/s1. The first-order chi connectivity index (χ1) is 8.02. The molecular weight excluding hydrogens is 216 g/mol. The highest BCUT2D eigenvalue weighted by atomic mass is 16.2. The molecule has 0 fully saturated rings. The van der Waals surface area contributed by atoms with Crippen LogP contribution in [0, 0.1) is 0 Å². The van der Waals surface area contributed by atoms with Crippen LogP contribution in [0.2, 0.25) is 0 Å². The van der Waals surface area contributed by atoms with E-state index in [1.54, 1.807) is 12.5 Å². The van der Waals surface area contributed by atoms with E-state index in [1.165, 1.54) is 0 Å². The minimum atomic E-state index is -0.251. The summed E-state index contributed by atoms with van der Waals surface area (Å²) in [5.41, 5.74) is 6.74. The van der Waals surface area contributed by atoms with Gasteiger partial charge in [0.25, 0.3) is 0 Å². The van der Waals surface area contributed by atoms with E-state index in [4.69, 9.17) is 5.73 Å². The van der Waals surface area contributed by atoms with E-state index >= 15 is 0 Å². The Balaban J connectivity index is 2.92. The molecule has 0 aliphatic carbocycles. The summed E-state index contributed by atoms with van der Waals surface area (Å²) in [7, 11) is 0. The average Bonchev–Trinajstić information content (AvgIpc) is 2.78. The first kappa shape index (κ1) is 13.7. The molecule has 0 saturated carbocycles. The lowest BCUT2D eigenvalue weighted by Crippen LogP contribution is -2.36. The molecule has 1 heterocycles. The normalized spacial score (nSPS) is 14.4. The maximum atomic E-state index is 12.2. The fraction of sp³-hybridized carbons (Fsp3) is 0.667. The Morgan fingerprint density at radius 3 is 2.53 bits per heavy atom. The largest absolute Gasteiger partial charge is 0.341 e. The van der Waals surface area contributed by atoms with E-state index in [9.17, 15) is 4.79 Å². The molecule has 5 heteroatoms. The smallest absolute Gasteiger partial charge is 0.245 e. The third kappa shape index (κ3) is 2.85. The van der Waals surface area contributed by atoms with Crippen molar-refractivity contribution in [3.8, 4) is 0 Å². The lowest BCUT2D eigenvalue weighted by molar-refractivity contribution is -0.133. The van der Waals surface area contributed by atoms with Crippen LogP contribution in [0.4, 0.5) is 0 Å². The molecule has 0 aromatic carbocycles. The van der Waals surface area contributed by atoms with Crippen molar-refractivity contribution < 1.29 is 4.79 Å². The lowest BCUT2D eigenvalue weighted by atomic mass is 10.2. The molecular formula is C12H22N4O. The van der Waals surface area contributed by atoms with Gasteiger partial charge in [-0.05, 0) is 27.7 Å². The van der Waals surface area contributed by atoms with Crippen LogP contribution in [0.25, 0.3) is 0 Å². The number of likely N-dealkylation sites (N-methyl/N-ethyl adjacent to an activating group) is 1. The molecule has 0 bridgehead atoms. The number of carbonyl (C=O) groups is 1. The van der Waals surface area contributed by atoms with Crippen LogP contribution >= 0.6 is 0 Å². The Hall–Kier alpha value is -1.36. The second-order valence-electron chi connectivity index (χ2n) is 4.20. The molecule has 0 aliphatic heterocycles. The number of rotatable bonds is 5. The average molecular weight is 238 g/mol. The van der Waals surface area contributed by atoms with Gasteiger partial charge in [-0.2, -0.15) is 0 Å². The first-order valence-electron chi connectivity index (χ1n) is 6.08. The third-order valence-corrected chi connectivity index (χ3v) is 3.01. The van der Waals surface area contributed by atoms with Crippen molar-refractivity contribution in [2.45, 2.75) is 39.8 Å². The molecule has 1 unspecified atom stereocenters. The molecule has 0 aliphatic rings. The molecule has 0 radical (unpaired) electrons. The number of carbonyl (C=O) groups excluding carboxylic acids is 1. The SMILES string of the molecule is CCN(CC)C(=O)C(C)n1cncc1[C@@H](C)N. The van der Waals surface area contributed by atoms with Crippen LogP contribution in [0.3, 0.4) is 0 Å². The number of aromatic nitrogens is 2. The van der Waals surface area contributed by atoms with Gasteiger partial charge >= 0.3 is 0 Å². The van der Waals surface area contributed by atoms with E-state index in [-0.39, 0.29) is 18.0 Å². The van der Waals surface area contributed by atoms with Crippen LogP contribution < -0.4 is 5.73 Å². The van der Waals surface area contributed by atoms with Gasteiger partial charge in [-0.3, -0.25) is 4.79 Å². The summed E-state index contributed by atoms with van der Waals surface area (Å²) in [5, 5.41) is 0. The van der Waals surface area contributed by atoms with Gasteiger partial charge in [0.15, 0.2) is 0 Å². The highest BCUT2D eigenvalue weighted by Crippen LogP contribution is 2.17. The van der Waals surface area contributed by atoms with E-state index in [0.717, 1.165) is 18.8 Å². The van der Waals surface area contributed by atoms with E-state index < -0.39 is 0 Å². The summed E-state index contributed by atoms with van der Waals surface area (Å²) >= 11 is 0. The van der Waals surface area contributed by atoms with Gasteiger partial charge in [-0.15, -0.1) is 0 Å². The third-order valence-electron chi connectivity index (χ3n) is 3.01. The van der Waals surface area contributed by atoms with Gasteiger partial charge in [0, 0.05) is 25.3 Å². The Kier molecular flexibility index (Phi) is 4.69. The monoisotopic (exact) mass is 238 g/mol. The van der Waals surface area contributed by atoms with Crippen molar-refractivity contribution in [1.82, 2.24) is 14.5 Å². The van der Waals surface area contributed by atoms with E-state index in [2.05, 4.69) is 4.98 Å². The highest BCUT2D eigenvalue weighted by Gasteiger charge is 2.22. The molecule has 5 nitrogen and oxygen atoms in total. The number of hydrogen-bond acceptors (Lipinski definition) is 3. The van der Waals surface area contributed by atoms with Crippen molar-refractivity contribution >= 4 is 5.91 Å². The van der Waals surface area contributed by atoms with Gasteiger partial charge in [-0.25, -0.2) is 4.98 Å². The molecule has 1 aromatic heterocycles. The minimum Gasteiger partial charge on any atom is -0.341 e. The fourth-order valence-corrected chi connectivity index (χ4v) is 1.91. The summed E-state index contributed by atoms with van der Waals surface area (Å²) in [6.07, 6.45) is 3.39. The van der Waals surface area contributed by atoms with Gasteiger partial charge in [0.2, 0.25) is 5.91 Å². The molecule has 17 heavy (non-hydrogen) atoms. The van der Waals surface area contributed by atoms with Crippen molar-refractivity contribution in [2.24, 2.45) is 5.73 Å². The fourth-order valence-electron chi connectivity index (χ4n) is 1.91. The summed E-state index contributed by atoms with van der Waals surface area (Å²) in [4.78, 5) is 18.1. The lowest BCUT2D eigenvalue weighted by Gasteiger charge is -2.25. The molecule has 2 N–H and O–H groups in total. The first-order valence-corrected chi connectivity index (χ1v) is 6.08. The summed E-state index contributed by atoms with van der Waals surface area (Å²) in [6.45, 7) is 9.18. The van der Waals surface area contributed by atoms with Crippen LogP contribution in [0.15, 0.2) is 12.5 Å². The van der Waals surface area contributed by atoms with Gasteiger partial charge < -0.3 is 15.2 Å². The summed E-state index contributed by atoms with van der Waals surface area (Å²) in [5.74, 6) is 0.106.